The minimum Gasteiger partial charge on any atom is -0.464 e. The van der Waals surface area contributed by atoms with Crippen molar-refractivity contribution in [1.82, 2.24) is 5.32 Å². The van der Waals surface area contributed by atoms with Crippen molar-refractivity contribution in [3.05, 3.63) is 0 Å². The van der Waals surface area contributed by atoms with Gasteiger partial charge in [0.25, 0.3) is 0 Å². The Labute approximate surface area is 68.1 Å². The van der Waals surface area contributed by atoms with E-state index in [0.29, 0.717) is 12.6 Å². The van der Waals surface area contributed by atoms with Gasteiger partial charge in [0.15, 0.2) is 0 Å². The maximum absolute atomic E-state index is 10.4. The van der Waals surface area contributed by atoms with E-state index < -0.39 is 0 Å². The Morgan fingerprint density at radius 1 is 1.45 bits per heavy atom. The maximum Gasteiger partial charge on any atom is 0.302 e. The lowest BCUT2D eigenvalue weighted by molar-refractivity contribution is -0.141. The van der Waals surface area contributed by atoms with Crippen LogP contribution in [0.15, 0.2) is 0 Å². The molecule has 0 aromatic carbocycles. The van der Waals surface area contributed by atoms with Gasteiger partial charge >= 0.3 is 5.97 Å². The van der Waals surface area contributed by atoms with Crippen LogP contribution in [0.1, 0.15) is 27.7 Å². The molecule has 0 aliphatic heterocycles. The minimum absolute atomic E-state index is 0.220. The van der Waals surface area contributed by atoms with Crippen LogP contribution in [0.4, 0.5) is 0 Å². The van der Waals surface area contributed by atoms with Crippen molar-refractivity contribution < 1.29 is 9.53 Å². The summed E-state index contributed by atoms with van der Waals surface area (Å²) in [6, 6.07) is 0.666. The van der Waals surface area contributed by atoms with Gasteiger partial charge in [-0.05, 0) is 6.92 Å². The zero-order chi connectivity index (χ0) is 8.85. The van der Waals surface area contributed by atoms with Gasteiger partial charge in [0, 0.05) is 19.0 Å². The van der Waals surface area contributed by atoms with E-state index in [2.05, 4.69) is 19.2 Å². The van der Waals surface area contributed by atoms with Gasteiger partial charge in [-0.25, -0.2) is 0 Å². The van der Waals surface area contributed by atoms with E-state index >= 15 is 0 Å². The van der Waals surface area contributed by atoms with Gasteiger partial charge < -0.3 is 10.1 Å². The highest BCUT2D eigenvalue weighted by Gasteiger charge is 2.04. The first-order valence-electron chi connectivity index (χ1n) is 3.91. The van der Waals surface area contributed by atoms with Crippen molar-refractivity contribution >= 4 is 5.97 Å². The molecule has 0 heterocycles. The van der Waals surface area contributed by atoms with Crippen molar-refractivity contribution in [3.8, 4) is 0 Å². The fraction of sp³-hybridized carbons (Fsp3) is 0.875. The van der Waals surface area contributed by atoms with Gasteiger partial charge in [0.1, 0.15) is 6.61 Å². The number of rotatable bonds is 4. The molecule has 0 amide bonds. The molecule has 0 aliphatic rings. The summed E-state index contributed by atoms with van der Waals surface area (Å²) in [6.07, 6.45) is 0. The van der Waals surface area contributed by atoms with Crippen LogP contribution in [0.5, 0.6) is 0 Å². The largest absolute Gasteiger partial charge is 0.464 e. The van der Waals surface area contributed by atoms with Crippen LogP contribution in [-0.4, -0.2) is 24.7 Å². The van der Waals surface area contributed by atoms with Gasteiger partial charge in [0.05, 0.1) is 0 Å². The third kappa shape index (κ3) is 7.33. The first kappa shape index (κ1) is 10.4. The highest BCUT2D eigenvalue weighted by atomic mass is 16.5. The lowest BCUT2D eigenvalue weighted by Crippen LogP contribution is -2.36. The number of ether oxygens (including phenoxy) is 1. The number of carbonyl (C=O) groups is 1. The molecule has 0 aliphatic carbocycles. The standard InChI is InChI=1S/C8H17NO2/c1-6(2)9-7(3)5-11-8(4)10/h6-7,9H,5H2,1-4H3/t7-/m0/s1. The van der Waals surface area contributed by atoms with Crippen LogP contribution in [0.25, 0.3) is 0 Å². The topological polar surface area (TPSA) is 38.3 Å². The molecule has 0 bridgehead atoms. The Morgan fingerprint density at radius 3 is 2.36 bits per heavy atom. The van der Waals surface area contributed by atoms with Gasteiger partial charge in [-0.3, -0.25) is 4.79 Å². The summed E-state index contributed by atoms with van der Waals surface area (Å²) in [5, 5.41) is 3.22. The van der Waals surface area contributed by atoms with Crippen molar-refractivity contribution in [2.24, 2.45) is 0 Å². The first-order chi connectivity index (χ1) is 5.02. The fourth-order valence-corrected chi connectivity index (χ4v) is 0.860. The summed E-state index contributed by atoms with van der Waals surface area (Å²) in [5.41, 5.74) is 0. The summed E-state index contributed by atoms with van der Waals surface area (Å²) in [6.45, 7) is 7.98. The van der Waals surface area contributed by atoms with Gasteiger partial charge in [-0.15, -0.1) is 0 Å². The predicted molar refractivity (Wildman–Crippen MR) is 44.4 cm³/mol. The second-order valence-corrected chi connectivity index (χ2v) is 3.03. The molecule has 0 radical (unpaired) electrons. The summed E-state index contributed by atoms with van der Waals surface area (Å²) >= 11 is 0. The predicted octanol–water partition coefficient (Wildman–Crippen LogP) is 0.936. The Balaban J connectivity index is 3.37. The van der Waals surface area contributed by atoms with Crippen molar-refractivity contribution in [1.29, 1.82) is 0 Å². The molecule has 0 aromatic rings. The normalized spacial score (nSPS) is 13.2. The third-order valence-corrected chi connectivity index (χ3v) is 1.15. The average molecular weight is 159 g/mol. The Morgan fingerprint density at radius 2 is 2.00 bits per heavy atom. The summed E-state index contributed by atoms with van der Waals surface area (Å²) in [5.74, 6) is -0.220. The van der Waals surface area contributed by atoms with Crippen LogP contribution in [0.3, 0.4) is 0 Å². The highest BCUT2D eigenvalue weighted by molar-refractivity contribution is 5.65. The molecule has 3 heteroatoms. The van der Waals surface area contributed by atoms with E-state index in [1.54, 1.807) is 0 Å². The van der Waals surface area contributed by atoms with Crippen LogP contribution in [0.2, 0.25) is 0 Å². The second kappa shape index (κ2) is 5.13. The van der Waals surface area contributed by atoms with Crippen LogP contribution in [-0.2, 0) is 9.53 Å². The van der Waals surface area contributed by atoms with E-state index in [4.69, 9.17) is 4.74 Å². The van der Waals surface area contributed by atoms with Crippen molar-refractivity contribution in [2.45, 2.75) is 39.8 Å². The Kier molecular flexibility index (Phi) is 4.86. The first-order valence-corrected chi connectivity index (χ1v) is 3.91. The number of hydrogen-bond acceptors (Lipinski definition) is 3. The van der Waals surface area contributed by atoms with E-state index in [9.17, 15) is 4.79 Å². The zero-order valence-corrected chi connectivity index (χ0v) is 7.68. The van der Waals surface area contributed by atoms with Crippen LogP contribution in [0, 0.1) is 0 Å². The minimum atomic E-state index is -0.220. The Hall–Kier alpha value is -0.570. The van der Waals surface area contributed by atoms with Gasteiger partial charge in [-0.1, -0.05) is 13.8 Å². The van der Waals surface area contributed by atoms with Crippen molar-refractivity contribution in [2.75, 3.05) is 6.61 Å². The summed E-state index contributed by atoms with van der Waals surface area (Å²) < 4.78 is 4.80. The fourth-order valence-electron chi connectivity index (χ4n) is 0.860. The molecule has 66 valence electrons. The van der Waals surface area contributed by atoms with Crippen LogP contribution >= 0.6 is 0 Å². The molecule has 0 saturated heterocycles. The number of nitrogens with one attached hydrogen (secondary N) is 1. The Bertz CT molecular complexity index is 123. The highest BCUT2D eigenvalue weighted by Crippen LogP contribution is 1.87. The zero-order valence-electron chi connectivity index (χ0n) is 7.68. The van der Waals surface area contributed by atoms with E-state index in [1.807, 2.05) is 6.92 Å². The van der Waals surface area contributed by atoms with E-state index in [0.717, 1.165) is 0 Å². The molecule has 0 unspecified atom stereocenters. The molecular weight excluding hydrogens is 142 g/mol. The van der Waals surface area contributed by atoms with Crippen LogP contribution < -0.4 is 5.32 Å². The quantitative estimate of drug-likeness (QED) is 0.620. The monoisotopic (exact) mass is 159 g/mol. The van der Waals surface area contributed by atoms with Gasteiger partial charge in [-0.2, -0.15) is 0 Å². The molecule has 0 aromatic heterocycles. The summed E-state index contributed by atoms with van der Waals surface area (Å²) in [4.78, 5) is 10.4. The number of carbonyl (C=O) groups excluding carboxylic acids is 1. The lowest BCUT2D eigenvalue weighted by Gasteiger charge is -2.15. The number of hydrogen-bond donors (Lipinski definition) is 1. The summed E-state index contributed by atoms with van der Waals surface area (Å²) in [7, 11) is 0. The molecule has 3 nitrogen and oxygen atoms in total. The van der Waals surface area contributed by atoms with Gasteiger partial charge in [0.2, 0.25) is 0 Å². The molecule has 1 atom stereocenters. The molecule has 0 rings (SSSR count). The molecule has 0 fully saturated rings. The molecular formula is C8H17NO2. The molecule has 0 spiro atoms. The smallest absolute Gasteiger partial charge is 0.302 e. The molecule has 11 heavy (non-hydrogen) atoms. The van der Waals surface area contributed by atoms with E-state index in [1.165, 1.54) is 6.92 Å². The van der Waals surface area contributed by atoms with Crippen molar-refractivity contribution in [3.63, 3.8) is 0 Å². The second-order valence-electron chi connectivity index (χ2n) is 3.03. The van der Waals surface area contributed by atoms with E-state index in [-0.39, 0.29) is 12.0 Å². The molecule has 1 N–H and O–H groups in total. The lowest BCUT2D eigenvalue weighted by atomic mass is 10.3. The SMILES string of the molecule is CC(=O)OC[C@H](C)NC(C)C. The average Bonchev–Trinajstić information content (AvgIpc) is 1.82. The number of esters is 1. The molecule has 0 saturated carbocycles. The maximum atomic E-state index is 10.4. The third-order valence-electron chi connectivity index (χ3n) is 1.15.